The summed E-state index contributed by atoms with van der Waals surface area (Å²) < 4.78 is 5.25. The zero-order valence-electron chi connectivity index (χ0n) is 12.5. The number of benzene rings is 1. The van der Waals surface area contributed by atoms with E-state index in [9.17, 15) is 0 Å². The first kappa shape index (κ1) is 15.1. The maximum atomic E-state index is 5.25. The molecule has 108 valence electrons. The van der Waals surface area contributed by atoms with Crippen molar-refractivity contribution in [3.8, 4) is 5.75 Å². The van der Waals surface area contributed by atoms with Crippen LogP contribution in [0.4, 0.5) is 0 Å². The molecule has 2 nitrogen and oxygen atoms in total. The second-order valence-corrected chi connectivity index (χ2v) is 5.77. The first-order valence-electron chi connectivity index (χ1n) is 7.23. The number of ether oxygens (including phenoxy) is 1. The normalized spacial score (nSPS) is 12.3. The molecule has 0 saturated heterocycles. The molecule has 1 heterocycles. The number of aryl methyl sites for hydroxylation is 1. The van der Waals surface area contributed by atoms with E-state index in [2.05, 4.69) is 42.7 Å². The first-order valence-corrected chi connectivity index (χ1v) is 8.11. The van der Waals surface area contributed by atoms with Crippen LogP contribution in [0, 0.1) is 0 Å². The Bertz CT molecular complexity index is 518. The highest BCUT2D eigenvalue weighted by Gasteiger charge is 2.17. The van der Waals surface area contributed by atoms with Crippen molar-refractivity contribution in [2.75, 3.05) is 13.7 Å². The molecule has 20 heavy (non-hydrogen) atoms. The monoisotopic (exact) mass is 289 g/mol. The summed E-state index contributed by atoms with van der Waals surface area (Å²) in [5, 5.41) is 5.86. The minimum absolute atomic E-state index is 0.288. The molecule has 2 rings (SSSR count). The van der Waals surface area contributed by atoms with Crippen molar-refractivity contribution in [2.45, 2.75) is 32.7 Å². The molecule has 3 heteroatoms. The minimum atomic E-state index is 0.288. The molecule has 0 saturated carbocycles. The molecule has 0 bridgehead atoms. The van der Waals surface area contributed by atoms with Crippen LogP contribution in [-0.4, -0.2) is 13.7 Å². The quantitative estimate of drug-likeness (QED) is 0.815. The summed E-state index contributed by atoms with van der Waals surface area (Å²) in [6.07, 6.45) is 2.22. The molecular formula is C17H23NOS. The van der Waals surface area contributed by atoms with Crippen molar-refractivity contribution >= 4 is 11.3 Å². The van der Waals surface area contributed by atoms with Crippen molar-refractivity contribution in [1.82, 2.24) is 5.32 Å². The molecule has 0 aliphatic carbocycles. The van der Waals surface area contributed by atoms with E-state index < -0.39 is 0 Å². The van der Waals surface area contributed by atoms with Gasteiger partial charge in [0.15, 0.2) is 0 Å². The summed E-state index contributed by atoms with van der Waals surface area (Å²) in [7, 11) is 1.70. The van der Waals surface area contributed by atoms with Gasteiger partial charge < -0.3 is 10.1 Å². The van der Waals surface area contributed by atoms with Crippen molar-refractivity contribution in [1.29, 1.82) is 0 Å². The average molecular weight is 289 g/mol. The third kappa shape index (κ3) is 3.41. The average Bonchev–Trinajstić information content (AvgIpc) is 2.96. The molecule has 1 N–H and O–H groups in total. The molecule has 0 aliphatic rings. The summed E-state index contributed by atoms with van der Waals surface area (Å²) in [5.41, 5.74) is 2.75. The molecule has 0 spiro atoms. The Hall–Kier alpha value is -1.32. The summed E-state index contributed by atoms with van der Waals surface area (Å²) >= 11 is 1.84. The number of hydrogen-bond acceptors (Lipinski definition) is 3. The van der Waals surface area contributed by atoms with Crippen LogP contribution in [0.3, 0.4) is 0 Å². The van der Waals surface area contributed by atoms with Gasteiger partial charge in [-0.15, -0.1) is 11.3 Å². The Morgan fingerprint density at radius 3 is 2.50 bits per heavy atom. The van der Waals surface area contributed by atoms with E-state index in [-0.39, 0.29) is 6.04 Å². The van der Waals surface area contributed by atoms with Gasteiger partial charge in [-0.1, -0.05) is 26.0 Å². The van der Waals surface area contributed by atoms with Gasteiger partial charge in [-0.3, -0.25) is 0 Å². The highest BCUT2D eigenvalue weighted by atomic mass is 32.1. The topological polar surface area (TPSA) is 21.3 Å². The predicted molar refractivity (Wildman–Crippen MR) is 86.8 cm³/mol. The van der Waals surface area contributed by atoms with Crippen LogP contribution in [0.25, 0.3) is 0 Å². The molecule has 1 aromatic carbocycles. The predicted octanol–water partition coefficient (Wildman–Crippen LogP) is 4.41. The fourth-order valence-electron chi connectivity index (χ4n) is 2.34. The Morgan fingerprint density at radius 2 is 1.90 bits per heavy atom. The Balaban J connectivity index is 2.30. The van der Waals surface area contributed by atoms with Crippen molar-refractivity contribution in [3.63, 3.8) is 0 Å². The molecular weight excluding hydrogens is 266 g/mol. The van der Waals surface area contributed by atoms with E-state index >= 15 is 0 Å². The van der Waals surface area contributed by atoms with Gasteiger partial charge in [-0.05, 0) is 54.1 Å². The largest absolute Gasteiger partial charge is 0.497 e. The van der Waals surface area contributed by atoms with E-state index in [1.54, 1.807) is 7.11 Å². The molecule has 1 aromatic heterocycles. The Morgan fingerprint density at radius 1 is 1.15 bits per heavy atom. The zero-order valence-corrected chi connectivity index (χ0v) is 13.3. The number of rotatable bonds is 7. The van der Waals surface area contributed by atoms with Crippen LogP contribution in [0.1, 0.15) is 42.3 Å². The fraction of sp³-hybridized carbons (Fsp3) is 0.412. The number of methoxy groups -OCH3 is 1. The lowest BCUT2D eigenvalue weighted by atomic mass is 10.0. The highest BCUT2D eigenvalue weighted by molar-refractivity contribution is 7.10. The fourth-order valence-corrected chi connectivity index (χ4v) is 3.44. The molecule has 0 fully saturated rings. The van der Waals surface area contributed by atoms with Crippen molar-refractivity contribution in [3.05, 3.63) is 51.7 Å². The van der Waals surface area contributed by atoms with Crippen LogP contribution in [0.5, 0.6) is 5.75 Å². The third-order valence-electron chi connectivity index (χ3n) is 3.47. The molecule has 2 aromatic rings. The first-order chi connectivity index (χ1) is 9.80. The third-order valence-corrected chi connectivity index (χ3v) is 4.50. The summed E-state index contributed by atoms with van der Waals surface area (Å²) in [4.78, 5) is 1.44. The minimum Gasteiger partial charge on any atom is -0.497 e. The maximum Gasteiger partial charge on any atom is 0.118 e. The zero-order chi connectivity index (χ0) is 14.4. The summed E-state index contributed by atoms with van der Waals surface area (Å²) in [6.45, 7) is 5.45. The van der Waals surface area contributed by atoms with E-state index in [1.165, 1.54) is 16.0 Å². The van der Waals surface area contributed by atoms with Gasteiger partial charge in [0.2, 0.25) is 0 Å². The highest BCUT2D eigenvalue weighted by Crippen LogP contribution is 2.31. The summed E-state index contributed by atoms with van der Waals surface area (Å²) in [5.74, 6) is 0.907. The van der Waals surface area contributed by atoms with Gasteiger partial charge >= 0.3 is 0 Å². The second-order valence-electron chi connectivity index (χ2n) is 4.82. The van der Waals surface area contributed by atoms with Crippen LogP contribution < -0.4 is 10.1 Å². The van der Waals surface area contributed by atoms with Crippen molar-refractivity contribution in [2.24, 2.45) is 0 Å². The second kappa shape index (κ2) is 7.46. The number of hydrogen-bond donors (Lipinski definition) is 1. The van der Waals surface area contributed by atoms with Crippen LogP contribution >= 0.6 is 11.3 Å². The van der Waals surface area contributed by atoms with Crippen molar-refractivity contribution < 1.29 is 4.74 Å². The standard InChI is InChI=1S/C17H23NOS/c1-4-11-18-16(17-13(5-2)10-12-20-17)14-6-8-15(19-3)9-7-14/h6-10,12,16,18H,4-5,11H2,1-3H3. The van der Waals surface area contributed by atoms with Gasteiger partial charge in [0.25, 0.3) is 0 Å². The lowest BCUT2D eigenvalue weighted by Gasteiger charge is -2.19. The van der Waals surface area contributed by atoms with Crippen LogP contribution in [0.15, 0.2) is 35.7 Å². The van der Waals surface area contributed by atoms with Crippen LogP contribution in [0.2, 0.25) is 0 Å². The molecule has 1 atom stereocenters. The molecule has 1 unspecified atom stereocenters. The van der Waals surface area contributed by atoms with Crippen LogP contribution in [-0.2, 0) is 6.42 Å². The van der Waals surface area contributed by atoms with E-state index in [4.69, 9.17) is 4.74 Å². The summed E-state index contributed by atoms with van der Waals surface area (Å²) in [6, 6.07) is 10.9. The molecule has 0 radical (unpaired) electrons. The number of nitrogens with one attached hydrogen (secondary N) is 1. The SMILES string of the molecule is CCCNC(c1ccc(OC)cc1)c1sccc1CC. The number of thiophene rings is 1. The Kier molecular flexibility index (Phi) is 5.62. The van der Waals surface area contributed by atoms with Gasteiger partial charge in [-0.25, -0.2) is 0 Å². The Labute approximate surface area is 125 Å². The van der Waals surface area contributed by atoms with E-state index in [0.717, 1.165) is 25.1 Å². The van der Waals surface area contributed by atoms with Gasteiger partial charge in [-0.2, -0.15) is 0 Å². The lowest BCUT2D eigenvalue weighted by Crippen LogP contribution is -2.23. The van der Waals surface area contributed by atoms with E-state index in [0.29, 0.717) is 0 Å². The van der Waals surface area contributed by atoms with Gasteiger partial charge in [0, 0.05) is 4.88 Å². The molecule has 0 amide bonds. The maximum absolute atomic E-state index is 5.25. The molecule has 0 aliphatic heterocycles. The smallest absolute Gasteiger partial charge is 0.118 e. The van der Waals surface area contributed by atoms with Gasteiger partial charge in [0.1, 0.15) is 5.75 Å². The van der Waals surface area contributed by atoms with Gasteiger partial charge in [0.05, 0.1) is 13.2 Å². The lowest BCUT2D eigenvalue weighted by molar-refractivity contribution is 0.414. The van der Waals surface area contributed by atoms with E-state index in [1.807, 2.05) is 23.5 Å².